The predicted molar refractivity (Wildman–Crippen MR) is 63.5 cm³/mol. The first-order valence-corrected chi connectivity index (χ1v) is 5.83. The van der Waals surface area contributed by atoms with Crippen molar-refractivity contribution in [1.82, 2.24) is 5.16 Å². The van der Waals surface area contributed by atoms with E-state index < -0.39 is 0 Å². The van der Waals surface area contributed by atoms with Crippen molar-refractivity contribution < 1.29 is 9.32 Å². The number of halogens is 2. The molecule has 0 aliphatic rings. The van der Waals surface area contributed by atoms with Gasteiger partial charge in [0, 0.05) is 6.07 Å². The molecule has 0 saturated heterocycles. The van der Waals surface area contributed by atoms with Gasteiger partial charge in [-0.25, -0.2) is 0 Å². The Labute approximate surface area is 105 Å². The van der Waals surface area contributed by atoms with Crippen LogP contribution in [-0.4, -0.2) is 11.1 Å². The molecule has 0 unspecified atom stereocenters. The fourth-order valence-corrected chi connectivity index (χ4v) is 2.56. The molecule has 2 heterocycles. The zero-order chi connectivity index (χ0) is 11.7. The van der Waals surface area contributed by atoms with Crippen LogP contribution in [0.4, 0.5) is 5.82 Å². The van der Waals surface area contributed by atoms with Gasteiger partial charge in [0.2, 0.25) is 0 Å². The number of aromatic nitrogens is 1. The number of nitrogens with one attached hydrogen (secondary N) is 1. The topological polar surface area (TPSA) is 55.1 Å². The van der Waals surface area contributed by atoms with Crippen LogP contribution in [0.25, 0.3) is 0 Å². The van der Waals surface area contributed by atoms with Gasteiger partial charge in [-0.1, -0.05) is 28.4 Å². The van der Waals surface area contributed by atoms with Gasteiger partial charge in [0.25, 0.3) is 5.91 Å². The van der Waals surface area contributed by atoms with Gasteiger partial charge >= 0.3 is 0 Å². The minimum absolute atomic E-state index is 0.331. The summed E-state index contributed by atoms with van der Waals surface area (Å²) in [6.45, 7) is 1.73. The van der Waals surface area contributed by atoms with Crippen molar-refractivity contribution in [2.24, 2.45) is 0 Å². The van der Waals surface area contributed by atoms with Crippen LogP contribution < -0.4 is 5.32 Å². The van der Waals surface area contributed by atoms with Crippen molar-refractivity contribution in [2.75, 3.05) is 5.32 Å². The summed E-state index contributed by atoms with van der Waals surface area (Å²) < 4.78 is 5.63. The molecule has 0 saturated carbocycles. The lowest BCUT2D eigenvalue weighted by Gasteiger charge is -1.98. The van der Waals surface area contributed by atoms with Gasteiger partial charge in [0.15, 0.2) is 5.82 Å². The largest absolute Gasteiger partial charge is 0.360 e. The molecule has 0 spiro atoms. The molecule has 0 atom stereocenters. The highest BCUT2D eigenvalue weighted by molar-refractivity contribution is 7.20. The minimum atomic E-state index is -0.360. The van der Waals surface area contributed by atoms with Crippen molar-refractivity contribution in [2.45, 2.75) is 6.92 Å². The Morgan fingerprint density at radius 3 is 2.75 bits per heavy atom. The molecule has 0 bridgehead atoms. The van der Waals surface area contributed by atoms with Gasteiger partial charge in [-0.2, -0.15) is 0 Å². The summed E-state index contributed by atoms with van der Waals surface area (Å²) >= 11 is 12.7. The summed E-state index contributed by atoms with van der Waals surface area (Å²) in [6.07, 6.45) is 0. The number of rotatable bonds is 2. The average molecular weight is 277 g/mol. The van der Waals surface area contributed by atoms with Gasteiger partial charge in [-0.3, -0.25) is 4.79 Å². The number of anilines is 1. The average Bonchev–Trinajstić information content (AvgIpc) is 2.73. The van der Waals surface area contributed by atoms with Crippen LogP contribution in [0.3, 0.4) is 0 Å². The fourth-order valence-electron chi connectivity index (χ4n) is 1.10. The second-order valence-corrected chi connectivity index (χ2v) is 5.30. The quantitative estimate of drug-likeness (QED) is 0.912. The number of thiophene rings is 1. The molecule has 2 aromatic heterocycles. The molecule has 1 amide bonds. The van der Waals surface area contributed by atoms with Gasteiger partial charge in [0.1, 0.15) is 10.1 Å². The Kier molecular flexibility index (Phi) is 3.18. The Morgan fingerprint density at radius 2 is 2.25 bits per heavy atom. The molecule has 0 radical (unpaired) electrons. The summed E-state index contributed by atoms with van der Waals surface area (Å²) in [5.41, 5.74) is 0.331. The van der Waals surface area contributed by atoms with E-state index >= 15 is 0 Å². The molecule has 4 nitrogen and oxygen atoms in total. The smallest absolute Gasteiger partial charge is 0.259 e. The molecule has 84 valence electrons. The van der Waals surface area contributed by atoms with Gasteiger partial charge in [-0.05, 0) is 13.0 Å². The van der Waals surface area contributed by atoms with E-state index in [1.807, 2.05) is 0 Å². The first-order valence-electron chi connectivity index (χ1n) is 4.26. The van der Waals surface area contributed by atoms with Crippen LogP contribution in [0, 0.1) is 6.92 Å². The molecular weight excluding hydrogens is 271 g/mol. The number of aryl methyl sites for hydroxylation is 1. The number of amides is 1. The van der Waals surface area contributed by atoms with E-state index in [0.29, 0.717) is 25.8 Å². The second-order valence-electron chi connectivity index (χ2n) is 3.01. The van der Waals surface area contributed by atoms with Crippen molar-refractivity contribution in [3.8, 4) is 0 Å². The van der Waals surface area contributed by atoms with Crippen LogP contribution in [0.5, 0.6) is 0 Å². The molecule has 1 N–H and O–H groups in total. The maximum atomic E-state index is 11.7. The fraction of sp³-hybridized carbons (Fsp3) is 0.111. The lowest BCUT2D eigenvalue weighted by molar-refractivity contribution is 0.102. The zero-order valence-corrected chi connectivity index (χ0v) is 10.4. The SMILES string of the molecule is Cc1cc(NC(=O)c2cc(Cl)sc2Cl)no1. The van der Waals surface area contributed by atoms with Gasteiger partial charge in [-0.15, -0.1) is 11.3 Å². The van der Waals surface area contributed by atoms with Crippen LogP contribution >= 0.6 is 34.5 Å². The monoisotopic (exact) mass is 276 g/mol. The Balaban J connectivity index is 2.17. The number of hydrogen-bond acceptors (Lipinski definition) is 4. The van der Waals surface area contributed by atoms with Crippen LogP contribution in [-0.2, 0) is 0 Å². The lowest BCUT2D eigenvalue weighted by atomic mass is 10.3. The third-order valence-electron chi connectivity index (χ3n) is 1.77. The molecule has 0 aliphatic heterocycles. The van der Waals surface area contributed by atoms with Gasteiger partial charge < -0.3 is 9.84 Å². The van der Waals surface area contributed by atoms with Crippen LogP contribution in [0.2, 0.25) is 8.67 Å². The van der Waals surface area contributed by atoms with E-state index in [-0.39, 0.29) is 5.91 Å². The molecule has 0 aliphatic carbocycles. The summed E-state index contributed by atoms with van der Waals surface area (Å²) in [5.74, 6) is 0.604. The standard InChI is InChI=1S/C9H6Cl2N2O2S/c1-4-2-7(13-15-4)12-9(14)5-3-6(10)16-8(5)11/h2-3H,1H3,(H,12,13,14). The lowest BCUT2D eigenvalue weighted by Crippen LogP contribution is -2.11. The third-order valence-corrected chi connectivity index (χ3v) is 3.26. The zero-order valence-electron chi connectivity index (χ0n) is 8.08. The maximum Gasteiger partial charge on any atom is 0.259 e. The number of carbonyl (C=O) groups is 1. The molecule has 2 rings (SSSR count). The summed E-state index contributed by atoms with van der Waals surface area (Å²) in [6, 6.07) is 3.12. The van der Waals surface area contributed by atoms with Gasteiger partial charge in [0.05, 0.1) is 9.90 Å². The Bertz CT molecular complexity index is 535. The third kappa shape index (κ3) is 2.37. The van der Waals surface area contributed by atoms with E-state index in [0.717, 1.165) is 11.3 Å². The molecule has 0 fully saturated rings. The number of carbonyl (C=O) groups excluding carboxylic acids is 1. The second kappa shape index (κ2) is 4.45. The van der Waals surface area contributed by atoms with E-state index in [1.165, 1.54) is 6.07 Å². The van der Waals surface area contributed by atoms with Crippen molar-refractivity contribution in [3.63, 3.8) is 0 Å². The summed E-state index contributed by atoms with van der Waals surface area (Å²) in [7, 11) is 0. The number of nitrogens with zero attached hydrogens (tertiary/aromatic N) is 1. The molecular formula is C9H6Cl2N2O2S. The highest BCUT2D eigenvalue weighted by Gasteiger charge is 2.15. The maximum absolute atomic E-state index is 11.7. The predicted octanol–water partition coefficient (Wildman–Crippen LogP) is 3.60. The summed E-state index contributed by atoms with van der Waals surface area (Å²) in [5, 5.41) is 6.19. The first-order chi connectivity index (χ1) is 7.56. The molecule has 7 heteroatoms. The Morgan fingerprint density at radius 1 is 1.50 bits per heavy atom. The van der Waals surface area contributed by atoms with Crippen molar-refractivity contribution in [1.29, 1.82) is 0 Å². The molecule has 2 aromatic rings. The van der Waals surface area contributed by atoms with E-state index in [2.05, 4.69) is 10.5 Å². The van der Waals surface area contributed by atoms with Crippen molar-refractivity contribution in [3.05, 3.63) is 32.1 Å². The number of hydrogen-bond donors (Lipinski definition) is 1. The highest BCUT2D eigenvalue weighted by atomic mass is 35.5. The van der Waals surface area contributed by atoms with E-state index in [1.54, 1.807) is 13.0 Å². The normalized spacial score (nSPS) is 10.4. The van der Waals surface area contributed by atoms with Crippen LogP contribution in [0.1, 0.15) is 16.1 Å². The van der Waals surface area contributed by atoms with E-state index in [4.69, 9.17) is 27.7 Å². The Hall–Kier alpha value is -1.04. The van der Waals surface area contributed by atoms with Crippen LogP contribution in [0.15, 0.2) is 16.7 Å². The first kappa shape index (κ1) is 11.4. The highest BCUT2D eigenvalue weighted by Crippen LogP contribution is 2.31. The minimum Gasteiger partial charge on any atom is -0.360 e. The molecule has 16 heavy (non-hydrogen) atoms. The summed E-state index contributed by atoms with van der Waals surface area (Å²) in [4.78, 5) is 11.7. The van der Waals surface area contributed by atoms with E-state index in [9.17, 15) is 4.79 Å². The molecule has 0 aromatic carbocycles. The van der Waals surface area contributed by atoms with Crippen molar-refractivity contribution >= 4 is 46.3 Å².